The van der Waals surface area contributed by atoms with E-state index in [1.807, 2.05) is 26.0 Å². The fourth-order valence-corrected chi connectivity index (χ4v) is 1.31. The third-order valence-corrected chi connectivity index (χ3v) is 2.30. The first-order chi connectivity index (χ1) is 6.63. The number of aromatic nitrogens is 1. The number of hydrogen-bond acceptors (Lipinski definition) is 2. The van der Waals surface area contributed by atoms with E-state index in [1.165, 1.54) is 0 Å². The van der Waals surface area contributed by atoms with Gasteiger partial charge in [0.15, 0.2) is 0 Å². The zero-order valence-corrected chi connectivity index (χ0v) is 8.53. The molecule has 76 valence electrons. The molecule has 0 spiro atoms. The Morgan fingerprint density at radius 1 is 1.57 bits per heavy atom. The minimum atomic E-state index is -0.729. The van der Waals surface area contributed by atoms with Gasteiger partial charge < -0.3 is 5.11 Å². The average molecular weight is 193 g/mol. The van der Waals surface area contributed by atoms with Crippen LogP contribution in [-0.4, -0.2) is 16.1 Å². The van der Waals surface area contributed by atoms with Gasteiger partial charge in [0.1, 0.15) is 0 Å². The maximum Gasteiger partial charge on any atom is 0.306 e. The molecular formula is C11H15NO2. The first-order valence-electron chi connectivity index (χ1n) is 4.77. The number of pyridine rings is 1. The summed E-state index contributed by atoms with van der Waals surface area (Å²) in [5.41, 5.74) is 1.95. The van der Waals surface area contributed by atoms with Gasteiger partial charge >= 0.3 is 5.97 Å². The summed E-state index contributed by atoms with van der Waals surface area (Å²) < 4.78 is 0. The topological polar surface area (TPSA) is 50.2 Å². The number of carbonyl (C=O) groups is 1. The fourth-order valence-electron chi connectivity index (χ4n) is 1.31. The Labute approximate surface area is 83.8 Å². The maximum absolute atomic E-state index is 10.8. The van der Waals surface area contributed by atoms with Gasteiger partial charge in [-0.05, 0) is 31.4 Å². The maximum atomic E-state index is 10.8. The first kappa shape index (κ1) is 10.7. The number of carboxylic acid groups (broad SMARTS) is 1. The molecule has 0 aromatic carbocycles. The van der Waals surface area contributed by atoms with Crippen LogP contribution in [0.5, 0.6) is 0 Å². The molecule has 14 heavy (non-hydrogen) atoms. The van der Waals surface area contributed by atoms with Crippen LogP contribution in [0.2, 0.25) is 0 Å². The standard InChI is InChI=1S/C11H15NO2/c1-3-10(11(13)14)6-9-5-4-8(2)12-7-9/h4-5,7,10H,3,6H2,1-2H3,(H,13,14). The van der Waals surface area contributed by atoms with Crippen LogP contribution in [0.3, 0.4) is 0 Å². The molecule has 1 aromatic rings. The van der Waals surface area contributed by atoms with E-state index in [2.05, 4.69) is 4.98 Å². The molecular weight excluding hydrogens is 178 g/mol. The minimum Gasteiger partial charge on any atom is -0.481 e. The molecule has 0 bridgehead atoms. The van der Waals surface area contributed by atoms with Crippen molar-refractivity contribution in [2.24, 2.45) is 5.92 Å². The predicted molar refractivity (Wildman–Crippen MR) is 54.1 cm³/mol. The Kier molecular flexibility index (Phi) is 3.63. The normalized spacial score (nSPS) is 12.4. The fraction of sp³-hybridized carbons (Fsp3) is 0.455. The third-order valence-electron chi connectivity index (χ3n) is 2.30. The van der Waals surface area contributed by atoms with Crippen molar-refractivity contribution >= 4 is 5.97 Å². The SMILES string of the molecule is CCC(Cc1ccc(C)nc1)C(=O)O. The van der Waals surface area contributed by atoms with Crippen molar-refractivity contribution in [1.82, 2.24) is 4.98 Å². The highest BCUT2D eigenvalue weighted by molar-refractivity contribution is 5.70. The Hall–Kier alpha value is -1.38. The molecule has 0 aliphatic carbocycles. The van der Waals surface area contributed by atoms with E-state index in [-0.39, 0.29) is 5.92 Å². The van der Waals surface area contributed by atoms with Crippen LogP contribution in [-0.2, 0) is 11.2 Å². The van der Waals surface area contributed by atoms with Gasteiger partial charge in [0.05, 0.1) is 5.92 Å². The van der Waals surface area contributed by atoms with Crippen LogP contribution in [0.25, 0.3) is 0 Å². The Morgan fingerprint density at radius 2 is 2.29 bits per heavy atom. The minimum absolute atomic E-state index is 0.292. The second-order valence-electron chi connectivity index (χ2n) is 3.46. The van der Waals surface area contributed by atoms with Crippen LogP contribution >= 0.6 is 0 Å². The summed E-state index contributed by atoms with van der Waals surface area (Å²) in [4.78, 5) is 14.9. The van der Waals surface area contributed by atoms with E-state index in [1.54, 1.807) is 6.20 Å². The Balaban J connectivity index is 2.67. The van der Waals surface area contributed by atoms with Gasteiger partial charge in [-0.3, -0.25) is 9.78 Å². The lowest BCUT2D eigenvalue weighted by molar-refractivity contribution is -0.141. The second kappa shape index (κ2) is 4.74. The Bertz CT molecular complexity index is 306. The summed E-state index contributed by atoms with van der Waals surface area (Å²) in [6.45, 7) is 3.80. The van der Waals surface area contributed by atoms with Gasteiger partial charge in [-0.1, -0.05) is 13.0 Å². The monoisotopic (exact) mass is 193 g/mol. The molecule has 1 atom stereocenters. The second-order valence-corrected chi connectivity index (χ2v) is 3.46. The molecule has 0 aliphatic rings. The number of aliphatic carboxylic acids is 1. The third kappa shape index (κ3) is 2.83. The molecule has 1 unspecified atom stereocenters. The van der Waals surface area contributed by atoms with Crippen molar-refractivity contribution in [2.45, 2.75) is 26.7 Å². The molecule has 1 N–H and O–H groups in total. The molecule has 0 aliphatic heterocycles. The number of nitrogens with zero attached hydrogens (tertiary/aromatic N) is 1. The number of aryl methyl sites for hydroxylation is 1. The highest BCUT2D eigenvalue weighted by atomic mass is 16.4. The van der Waals surface area contributed by atoms with E-state index in [9.17, 15) is 4.79 Å². The molecule has 3 heteroatoms. The van der Waals surface area contributed by atoms with Gasteiger partial charge in [0, 0.05) is 11.9 Å². The molecule has 1 aromatic heterocycles. The molecule has 3 nitrogen and oxygen atoms in total. The quantitative estimate of drug-likeness (QED) is 0.796. The molecule has 0 saturated heterocycles. The average Bonchev–Trinajstić information content (AvgIpc) is 2.16. The van der Waals surface area contributed by atoms with Crippen molar-refractivity contribution in [3.8, 4) is 0 Å². The molecule has 1 rings (SSSR count). The van der Waals surface area contributed by atoms with Crippen LogP contribution in [0, 0.1) is 12.8 Å². The van der Waals surface area contributed by atoms with Crippen LogP contribution in [0.1, 0.15) is 24.6 Å². The van der Waals surface area contributed by atoms with Crippen LogP contribution in [0.4, 0.5) is 0 Å². The van der Waals surface area contributed by atoms with E-state index in [0.29, 0.717) is 12.8 Å². The van der Waals surface area contributed by atoms with Crippen molar-refractivity contribution in [3.05, 3.63) is 29.6 Å². The largest absolute Gasteiger partial charge is 0.481 e. The summed E-state index contributed by atoms with van der Waals surface area (Å²) in [6, 6.07) is 3.85. The summed E-state index contributed by atoms with van der Waals surface area (Å²) in [6.07, 6.45) is 2.98. The molecule has 0 saturated carbocycles. The van der Waals surface area contributed by atoms with Crippen LogP contribution in [0.15, 0.2) is 18.3 Å². The Morgan fingerprint density at radius 3 is 2.71 bits per heavy atom. The summed E-state index contributed by atoms with van der Waals surface area (Å²) in [5.74, 6) is -1.02. The highest BCUT2D eigenvalue weighted by Gasteiger charge is 2.15. The smallest absolute Gasteiger partial charge is 0.306 e. The molecule has 0 amide bonds. The van der Waals surface area contributed by atoms with Gasteiger partial charge in [-0.2, -0.15) is 0 Å². The lowest BCUT2D eigenvalue weighted by atomic mass is 9.98. The summed E-state index contributed by atoms with van der Waals surface area (Å²) in [7, 11) is 0. The summed E-state index contributed by atoms with van der Waals surface area (Å²) >= 11 is 0. The molecule has 1 heterocycles. The van der Waals surface area contributed by atoms with Crippen molar-refractivity contribution < 1.29 is 9.90 Å². The number of hydrogen-bond donors (Lipinski definition) is 1. The number of rotatable bonds is 4. The highest BCUT2D eigenvalue weighted by Crippen LogP contribution is 2.11. The van der Waals surface area contributed by atoms with E-state index >= 15 is 0 Å². The predicted octanol–water partition coefficient (Wildman–Crippen LogP) is 2.04. The van der Waals surface area contributed by atoms with Gasteiger partial charge in [0.2, 0.25) is 0 Å². The first-order valence-corrected chi connectivity index (χ1v) is 4.77. The van der Waals surface area contributed by atoms with E-state index < -0.39 is 5.97 Å². The van der Waals surface area contributed by atoms with Gasteiger partial charge in [-0.25, -0.2) is 0 Å². The van der Waals surface area contributed by atoms with Gasteiger partial charge in [-0.15, -0.1) is 0 Å². The zero-order valence-electron chi connectivity index (χ0n) is 8.53. The molecule has 0 fully saturated rings. The van der Waals surface area contributed by atoms with E-state index in [4.69, 9.17) is 5.11 Å². The van der Waals surface area contributed by atoms with Crippen molar-refractivity contribution in [3.63, 3.8) is 0 Å². The summed E-state index contributed by atoms with van der Waals surface area (Å²) in [5, 5.41) is 8.87. The van der Waals surface area contributed by atoms with E-state index in [0.717, 1.165) is 11.3 Å². The van der Waals surface area contributed by atoms with Crippen molar-refractivity contribution in [1.29, 1.82) is 0 Å². The van der Waals surface area contributed by atoms with Crippen LogP contribution < -0.4 is 0 Å². The lowest BCUT2D eigenvalue weighted by Crippen LogP contribution is -2.15. The number of carboxylic acids is 1. The zero-order chi connectivity index (χ0) is 10.6. The van der Waals surface area contributed by atoms with Gasteiger partial charge in [0.25, 0.3) is 0 Å². The van der Waals surface area contributed by atoms with Crippen molar-refractivity contribution in [2.75, 3.05) is 0 Å². The lowest BCUT2D eigenvalue weighted by Gasteiger charge is -2.08. The molecule has 0 radical (unpaired) electrons.